The zero-order valence-electron chi connectivity index (χ0n) is 17.6. The van der Waals surface area contributed by atoms with E-state index in [0.29, 0.717) is 30.0 Å². The van der Waals surface area contributed by atoms with Crippen LogP contribution in [0.5, 0.6) is 5.75 Å². The van der Waals surface area contributed by atoms with Crippen LogP contribution in [0.2, 0.25) is 0 Å². The fraction of sp³-hybridized carbons (Fsp3) is 0.231. The molecule has 31 heavy (non-hydrogen) atoms. The van der Waals surface area contributed by atoms with Gasteiger partial charge in [-0.15, -0.1) is 0 Å². The van der Waals surface area contributed by atoms with Crippen molar-refractivity contribution in [3.05, 3.63) is 90.0 Å². The standard InChI is InChI=1S/C26H26N2O3/c1-31-24-10-6-5-9-23(24)26(30)28-17-15-22(16-18-28)27-25(29)21-13-11-20(12-14-21)19-7-3-2-4-8-19/h2-14,22H,15-18H2,1H3,(H,27,29). The van der Waals surface area contributed by atoms with E-state index in [0.717, 1.165) is 24.0 Å². The van der Waals surface area contributed by atoms with Crippen molar-refractivity contribution < 1.29 is 14.3 Å². The van der Waals surface area contributed by atoms with Gasteiger partial charge in [-0.2, -0.15) is 0 Å². The highest BCUT2D eigenvalue weighted by Crippen LogP contribution is 2.22. The molecule has 1 saturated heterocycles. The molecule has 0 radical (unpaired) electrons. The van der Waals surface area contributed by atoms with Gasteiger partial charge in [-0.05, 0) is 48.2 Å². The smallest absolute Gasteiger partial charge is 0.257 e. The number of rotatable bonds is 5. The zero-order valence-corrected chi connectivity index (χ0v) is 17.6. The summed E-state index contributed by atoms with van der Waals surface area (Å²) in [6.45, 7) is 1.21. The van der Waals surface area contributed by atoms with Gasteiger partial charge in [0, 0.05) is 24.7 Å². The van der Waals surface area contributed by atoms with Crippen LogP contribution >= 0.6 is 0 Å². The fourth-order valence-corrected chi connectivity index (χ4v) is 3.93. The van der Waals surface area contributed by atoms with Gasteiger partial charge in [-0.25, -0.2) is 0 Å². The third kappa shape index (κ3) is 4.77. The molecule has 1 fully saturated rings. The molecular weight excluding hydrogens is 388 g/mol. The summed E-state index contributed by atoms with van der Waals surface area (Å²) in [5.74, 6) is 0.481. The topological polar surface area (TPSA) is 58.6 Å². The molecule has 1 aliphatic heterocycles. The quantitative estimate of drug-likeness (QED) is 0.673. The Hall–Kier alpha value is -3.60. The van der Waals surface area contributed by atoms with E-state index in [1.54, 1.807) is 19.2 Å². The molecule has 0 spiro atoms. The molecule has 158 valence electrons. The van der Waals surface area contributed by atoms with E-state index in [-0.39, 0.29) is 17.9 Å². The maximum atomic E-state index is 12.8. The van der Waals surface area contributed by atoms with Crippen LogP contribution in [0.3, 0.4) is 0 Å². The summed E-state index contributed by atoms with van der Waals surface area (Å²) in [6.07, 6.45) is 1.46. The van der Waals surface area contributed by atoms with Crippen LogP contribution in [0.25, 0.3) is 11.1 Å². The number of benzene rings is 3. The van der Waals surface area contributed by atoms with Crippen molar-refractivity contribution in [3.63, 3.8) is 0 Å². The molecule has 5 heteroatoms. The minimum absolute atomic E-state index is 0.0290. The van der Waals surface area contributed by atoms with Gasteiger partial charge in [0.05, 0.1) is 12.7 Å². The number of hydrogen-bond donors (Lipinski definition) is 1. The number of piperidine rings is 1. The summed E-state index contributed by atoms with van der Waals surface area (Å²) < 4.78 is 5.31. The molecule has 1 aliphatic rings. The number of hydrogen-bond acceptors (Lipinski definition) is 3. The van der Waals surface area contributed by atoms with Gasteiger partial charge in [-0.3, -0.25) is 9.59 Å². The van der Waals surface area contributed by atoms with Crippen molar-refractivity contribution in [2.75, 3.05) is 20.2 Å². The van der Waals surface area contributed by atoms with Gasteiger partial charge in [-0.1, -0.05) is 54.6 Å². The van der Waals surface area contributed by atoms with Gasteiger partial charge in [0.1, 0.15) is 5.75 Å². The van der Waals surface area contributed by atoms with E-state index in [4.69, 9.17) is 4.74 Å². The summed E-state index contributed by atoms with van der Waals surface area (Å²) in [5.41, 5.74) is 3.43. The predicted molar refractivity (Wildman–Crippen MR) is 121 cm³/mol. The third-order valence-electron chi connectivity index (χ3n) is 5.71. The third-order valence-corrected chi connectivity index (χ3v) is 5.71. The molecule has 3 aromatic carbocycles. The van der Waals surface area contributed by atoms with Crippen molar-refractivity contribution in [2.45, 2.75) is 18.9 Å². The molecule has 0 aromatic heterocycles. The molecule has 0 aliphatic carbocycles. The average Bonchev–Trinajstić information content (AvgIpc) is 2.84. The second-order valence-electron chi connectivity index (χ2n) is 7.68. The molecule has 0 saturated carbocycles. The Morgan fingerprint density at radius 3 is 2.13 bits per heavy atom. The first-order valence-corrected chi connectivity index (χ1v) is 10.5. The first-order valence-electron chi connectivity index (χ1n) is 10.5. The fourth-order valence-electron chi connectivity index (χ4n) is 3.93. The number of nitrogens with zero attached hydrogens (tertiary/aromatic N) is 1. The van der Waals surface area contributed by atoms with Crippen LogP contribution in [0.15, 0.2) is 78.9 Å². The first-order chi connectivity index (χ1) is 15.2. The number of para-hydroxylation sites is 1. The Kier molecular flexibility index (Phi) is 6.32. The minimum Gasteiger partial charge on any atom is -0.496 e. The van der Waals surface area contributed by atoms with Gasteiger partial charge in [0.2, 0.25) is 0 Å². The number of carbonyl (C=O) groups is 2. The van der Waals surface area contributed by atoms with Gasteiger partial charge >= 0.3 is 0 Å². The van der Waals surface area contributed by atoms with E-state index < -0.39 is 0 Å². The van der Waals surface area contributed by atoms with Crippen molar-refractivity contribution in [1.29, 1.82) is 0 Å². The number of methoxy groups -OCH3 is 1. The van der Waals surface area contributed by atoms with Crippen LogP contribution in [-0.2, 0) is 0 Å². The van der Waals surface area contributed by atoms with Crippen molar-refractivity contribution in [2.24, 2.45) is 0 Å². The van der Waals surface area contributed by atoms with E-state index in [2.05, 4.69) is 17.4 Å². The number of likely N-dealkylation sites (tertiary alicyclic amines) is 1. The summed E-state index contributed by atoms with van der Waals surface area (Å²) in [5, 5.41) is 3.11. The summed E-state index contributed by atoms with van der Waals surface area (Å²) in [7, 11) is 1.57. The van der Waals surface area contributed by atoms with Crippen LogP contribution in [0, 0.1) is 0 Å². The van der Waals surface area contributed by atoms with E-state index in [9.17, 15) is 9.59 Å². The predicted octanol–water partition coefficient (Wildman–Crippen LogP) is 4.40. The first kappa shape index (κ1) is 20.7. The number of carbonyl (C=O) groups excluding carboxylic acids is 2. The highest BCUT2D eigenvalue weighted by atomic mass is 16.5. The molecule has 1 N–H and O–H groups in total. The molecular formula is C26H26N2O3. The normalized spacial score (nSPS) is 14.2. The SMILES string of the molecule is COc1ccccc1C(=O)N1CCC(NC(=O)c2ccc(-c3ccccc3)cc2)CC1. The van der Waals surface area contributed by atoms with Gasteiger partial charge in [0.25, 0.3) is 11.8 Å². The molecule has 1 heterocycles. The molecule has 4 rings (SSSR count). The number of amides is 2. The Balaban J connectivity index is 1.32. The molecule has 0 bridgehead atoms. The molecule has 0 atom stereocenters. The van der Waals surface area contributed by atoms with E-state index >= 15 is 0 Å². The van der Waals surface area contributed by atoms with Crippen LogP contribution in [0.4, 0.5) is 0 Å². The van der Waals surface area contributed by atoms with Gasteiger partial charge in [0.15, 0.2) is 0 Å². The monoisotopic (exact) mass is 414 g/mol. The Morgan fingerprint density at radius 1 is 0.839 bits per heavy atom. The minimum atomic E-state index is -0.0749. The molecule has 3 aromatic rings. The lowest BCUT2D eigenvalue weighted by molar-refractivity contribution is 0.0695. The lowest BCUT2D eigenvalue weighted by Crippen LogP contribution is -2.46. The molecule has 0 unspecified atom stereocenters. The highest BCUT2D eigenvalue weighted by Gasteiger charge is 2.26. The van der Waals surface area contributed by atoms with E-state index in [1.807, 2.05) is 59.5 Å². The van der Waals surface area contributed by atoms with Crippen molar-refractivity contribution in [1.82, 2.24) is 10.2 Å². The van der Waals surface area contributed by atoms with Gasteiger partial charge < -0.3 is 15.0 Å². The second kappa shape index (κ2) is 9.47. The number of ether oxygens (including phenoxy) is 1. The Bertz CT molecular complexity index is 1040. The van der Waals surface area contributed by atoms with Crippen LogP contribution < -0.4 is 10.1 Å². The van der Waals surface area contributed by atoms with Crippen molar-refractivity contribution >= 4 is 11.8 Å². The maximum absolute atomic E-state index is 12.8. The number of nitrogens with one attached hydrogen (secondary N) is 1. The Labute approximate surface area is 182 Å². The highest BCUT2D eigenvalue weighted by molar-refractivity contribution is 5.97. The van der Waals surface area contributed by atoms with Crippen molar-refractivity contribution in [3.8, 4) is 16.9 Å². The average molecular weight is 415 g/mol. The van der Waals surface area contributed by atoms with Crippen LogP contribution in [0.1, 0.15) is 33.6 Å². The zero-order chi connectivity index (χ0) is 21.6. The lowest BCUT2D eigenvalue weighted by atomic mass is 10.0. The summed E-state index contributed by atoms with van der Waals surface area (Å²) in [6, 6.07) is 25.1. The van der Waals surface area contributed by atoms with Crippen LogP contribution in [-0.4, -0.2) is 43.0 Å². The maximum Gasteiger partial charge on any atom is 0.257 e. The molecule has 5 nitrogen and oxygen atoms in total. The molecule has 2 amide bonds. The lowest BCUT2D eigenvalue weighted by Gasteiger charge is -2.32. The summed E-state index contributed by atoms with van der Waals surface area (Å²) in [4.78, 5) is 27.3. The summed E-state index contributed by atoms with van der Waals surface area (Å²) >= 11 is 0. The Morgan fingerprint density at radius 2 is 1.45 bits per heavy atom. The van der Waals surface area contributed by atoms with E-state index in [1.165, 1.54) is 0 Å². The second-order valence-corrected chi connectivity index (χ2v) is 7.68. The largest absolute Gasteiger partial charge is 0.496 e.